The second kappa shape index (κ2) is 9.19. The summed E-state index contributed by atoms with van der Waals surface area (Å²) in [6.07, 6.45) is 1.71. The van der Waals surface area contributed by atoms with Crippen molar-refractivity contribution in [3.05, 3.63) is 65.2 Å². The predicted octanol–water partition coefficient (Wildman–Crippen LogP) is 2.25. The van der Waals surface area contributed by atoms with E-state index in [9.17, 15) is 18.0 Å². The fraction of sp³-hybridized carbons (Fsp3) is 0.333. The van der Waals surface area contributed by atoms with Gasteiger partial charge in [0.2, 0.25) is 10.0 Å². The molecule has 0 bridgehead atoms. The zero-order chi connectivity index (χ0) is 20.9. The molecule has 8 heteroatoms. The molecule has 2 aromatic rings. The number of nitrogens with one attached hydrogen (secondary N) is 1. The van der Waals surface area contributed by atoms with E-state index in [1.54, 1.807) is 0 Å². The first-order valence-electron chi connectivity index (χ1n) is 9.46. The van der Waals surface area contributed by atoms with Gasteiger partial charge in [0.05, 0.1) is 10.5 Å². The van der Waals surface area contributed by atoms with Gasteiger partial charge in [-0.1, -0.05) is 24.3 Å². The number of ether oxygens (including phenoxy) is 1. The minimum Gasteiger partial charge on any atom is -0.452 e. The lowest BCUT2D eigenvalue weighted by Crippen LogP contribution is -2.29. The smallest absolute Gasteiger partial charge is 0.338 e. The summed E-state index contributed by atoms with van der Waals surface area (Å²) in [5.74, 6) is -1.09. The minimum atomic E-state index is -3.53. The van der Waals surface area contributed by atoms with E-state index >= 15 is 0 Å². The quantitative estimate of drug-likeness (QED) is 0.699. The standard InChI is InChI=1S/C21H24N2O5S/c1-16-6-2-3-7-18(16)14-22-20(24)15-28-21(25)17-8-10-19(11-9-17)29(26,27)23-12-4-5-13-23/h2-3,6-11H,4-5,12-15H2,1H3,(H,22,24). The van der Waals surface area contributed by atoms with Crippen molar-refractivity contribution in [2.75, 3.05) is 19.7 Å². The minimum absolute atomic E-state index is 0.145. The second-order valence-electron chi connectivity index (χ2n) is 6.91. The van der Waals surface area contributed by atoms with Crippen LogP contribution in [0.15, 0.2) is 53.4 Å². The highest BCUT2D eigenvalue weighted by atomic mass is 32.2. The van der Waals surface area contributed by atoms with Gasteiger partial charge < -0.3 is 10.1 Å². The number of esters is 1. The molecule has 1 fully saturated rings. The number of sulfonamides is 1. The summed E-state index contributed by atoms with van der Waals surface area (Å²) in [7, 11) is -3.53. The Balaban J connectivity index is 1.51. The second-order valence-corrected chi connectivity index (χ2v) is 8.85. The summed E-state index contributed by atoms with van der Waals surface area (Å²) >= 11 is 0. The normalized spacial score (nSPS) is 14.5. The Kier molecular flexibility index (Phi) is 6.66. The van der Waals surface area contributed by atoms with E-state index < -0.39 is 28.5 Å². The highest BCUT2D eigenvalue weighted by Gasteiger charge is 2.27. The van der Waals surface area contributed by atoms with E-state index in [2.05, 4.69) is 5.32 Å². The third-order valence-electron chi connectivity index (χ3n) is 4.86. The molecule has 0 unspecified atom stereocenters. The number of carbonyl (C=O) groups is 2. The van der Waals surface area contributed by atoms with Crippen LogP contribution in [0.25, 0.3) is 0 Å². The van der Waals surface area contributed by atoms with E-state index in [4.69, 9.17) is 4.74 Å². The summed E-state index contributed by atoms with van der Waals surface area (Å²) in [6, 6.07) is 13.3. The van der Waals surface area contributed by atoms with Crippen LogP contribution in [0.5, 0.6) is 0 Å². The molecule has 0 saturated carbocycles. The summed E-state index contributed by atoms with van der Waals surface area (Å²) in [5, 5.41) is 2.71. The van der Waals surface area contributed by atoms with Crippen LogP contribution in [0, 0.1) is 6.92 Å². The lowest BCUT2D eigenvalue weighted by Gasteiger charge is -2.15. The van der Waals surface area contributed by atoms with Gasteiger partial charge in [0, 0.05) is 19.6 Å². The van der Waals surface area contributed by atoms with Gasteiger partial charge >= 0.3 is 5.97 Å². The molecule has 1 N–H and O–H groups in total. The average Bonchev–Trinajstić information content (AvgIpc) is 3.27. The fourth-order valence-electron chi connectivity index (χ4n) is 3.11. The zero-order valence-electron chi connectivity index (χ0n) is 16.3. The van der Waals surface area contributed by atoms with E-state index in [0.717, 1.165) is 24.0 Å². The van der Waals surface area contributed by atoms with Gasteiger partial charge in [0.1, 0.15) is 0 Å². The van der Waals surface area contributed by atoms with Gasteiger partial charge in [-0.05, 0) is 55.2 Å². The van der Waals surface area contributed by atoms with Crippen molar-refractivity contribution in [1.82, 2.24) is 9.62 Å². The monoisotopic (exact) mass is 416 g/mol. The molecule has 0 atom stereocenters. The highest BCUT2D eigenvalue weighted by molar-refractivity contribution is 7.89. The summed E-state index contributed by atoms with van der Waals surface area (Å²) < 4.78 is 31.5. The van der Waals surface area contributed by atoms with E-state index in [-0.39, 0.29) is 10.5 Å². The first-order valence-corrected chi connectivity index (χ1v) is 10.9. The Labute approximate surface area is 170 Å². The number of aryl methyl sites for hydroxylation is 1. The molecule has 29 heavy (non-hydrogen) atoms. The molecule has 7 nitrogen and oxygen atoms in total. The molecule has 154 valence electrons. The molecule has 0 spiro atoms. The third-order valence-corrected chi connectivity index (χ3v) is 6.78. The van der Waals surface area contributed by atoms with Gasteiger partial charge in [-0.2, -0.15) is 4.31 Å². The molecular weight excluding hydrogens is 392 g/mol. The molecule has 3 rings (SSSR count). The van der Waals surface area contributed by atoms with Crippen molar-refractivity contribution >= 4 is 21.9 Å². The summed E-state index contributed by atoms with van der Waals surface area (Å²) in [5.41, 5.74) is 2.24. The van der Waals surface area contributed by atoms with Gasteiger partial charge in [-0.3, -0.25) is 4.79 Å². The van der Waals surface area contributed by atoms with E-state index in [1.165, 1.54) is 28.6 Å². The lowest BCUT2D eigenvalue weighted by atomic mass is 10.1. The van der Waals surface area contributed by atoms with Crippen LogP contribution in [0.4, 0.5) is 0 Å². The van der Waals surface area contributed by atoms with Crippen molar-refractivity contribution in [1.29, 1.82) is 0 Å². The maximum atomic E-state index is 12.5. The lowest BCUT2D eigenvalue weighted by molar-refractivity contribution is -0.124. The van der Waals surface area contributed by atoms with Gasteiger partial charge in [-0.25, -0.2) is 13.2 Å². The third kappa shape index (κ3) is 5.21. The number of amides is 1. The Morgan fingerprint density at radius 3 is 2.34 bits per heavy atom. The summed E-state index contributed by atoms with van der Waals surface area (Å²) in [6.45, 7) is 2.94. The van der Waals surface area contributed by atoms with Crippen molar-refractivity contribution in [2.24, 2.45) is 0 Å². The average molecular weight is 416 g/mol. The molecule has 0 radical (unpaired) electrons. The Hall–Kier alpha value is -2.71. The fourth-order valence-corrected chi connectivity index (χ4v) is 4.63. The summed E-state index contributed by atoms with van der Waals surface area (Å²) in [4.78, 5) is 24.2. The van der Waals surface area contributed by atoms with Crippen LogP contribution in [0.3, 0.4) is 0 Å². The van der Waals surface area contributed by atoms with Crippen LogP contribution >= 0.6 is 0 Å². The van der Waals surface area contributed by atoms with Gasteiger partial charge in [0.15, 0.2) is 6.61 Å². The first kappa shape index (κ1) is 21.0. The Bertz CT molecular complexity index is 980. The van der Waals surface area contributed by atoms with E-state index in [1.807, 2.05) is 31.2 Å². The largest absolute Gasteiger partial charge is 0.452 e. The zero-order valence-corrected chi connectivity index (χ0v) is 17.1. The topological polar surface area (TPSA) is 92.8 Å². The number of rotatable bonds is 7. The first-order chi connectivity index (χ1) is 13.9. The van der Waals surface area contributed by atoms with Gasteiger partial charge in [0.25, 0.3) is 5.91 Å². The SMILES string of the molecule is Cc1ccccc1CNC(=O)COC(=O)c1ccc(S(=O)(=O)N2CCCC2)cc1. The predicted molar refractivity (Wildman–Crippen MR) is 108 cm³/mol. The van der Waals surface area contributed by atoms with Gasteiger partial charge in [-0.15, -0.1) is 0 Å². The number of hydrogen-bond donors (Lipinski definition) is 1. The Morgan fingerprint density at radius 1 is 1.03 bits per heavy atom. The molecule has 1 aliphatic heterocycles. The molecular formula is C21H24N2O5S. The Morgan fingerprint density at radius 2 is 1.69 bits per heavy atom. The van der Waals surface area contributed by atoms with Crippen LogP contribution < -0.4 is 5.32 Å². The van der Waals surface area contributed by atoms with Crippen molar-refractivity contribution < 1.29 is 22.7 Å². The number of nitrogens with zero attached hydrogens (tertiary/aromatic N) is 1. The van der Waals surface area contributed by atoms with Crippen molar-refractivity contribution in [3.63, 3.8) is 0 Å². The maximum Gasteiger partial charge on any atom is 0.338 e. The molecule has 1 amide bonds. The maximum absolute atomic E-state index is 12.5. The number of benzene rings is 2. The van der Waals surface area contributed by atoms with Crippen molar-refractivity contribution in [2.45, 2.75) is 31.2 Å². The molecule has 2 aromatic carbocycles. The highest BCUT2D eigenvalue weighted by Crippen LogP contribution is 2.21. The molecule has 0 aliphatic carbocycles. The molecule has 1 aliphatic rings. The van der Waals surface area contributed by atoms with E-state index in [0.29, 0.717) is 19.6 Å². The molecule has 1 heterocycles. The van der Waals surface area contributed by atoms with Crippen LogP contribution in [0.1, 0.15) is 34.3 Å². The number of hydrogen-bond acceptors (Lipinski definition) is 5. The molecule has 0 aromatic heterocycles. The molecule has 1 saturated heterocycles. The van der Waals surface area contributed by atoms with Crippen LogP contribution in [0.2, 0.25) is 0 Å². The van der Waals surface area contributed by atoms with Crippen LogP contribution in [-0.4, -0.2) is 44.3 Å². The van der Waals surface area contributed by atoms with Crippen molar-refractivity contribution in [3.8, 4) is 0 Å². The number of carbonyl (C=O) groups excluding carboxylic acids is 2. The van der Waals surface area contributed by atoms with Crippen LogP contribution in [-0.2, 0) is 26.1 Å².